The Morgan fingerprint density at radius 2 is 1.88 bits per heavy atom. The van der Waals surface area contributed by atoms with Crippen LogP contribution in [0.3, 0.4) is 0 Å². The van der Waals surface area contributed by atoms with Gasteiger partial charge in [0.1, 0.15) is 22.6 Å². The summed E-state index contributed by atoms with van der Waals surface area (Å²) in [5.74, 6) is 0.854. The highest BCUT2D eigenvalue weighted by Crippen LogP contribution is 2.39. The van der Waals surface area contributed by atoms with Crippen LogP contribution in [0.2, 0.25) is 0 Å². The average Bonchev–Trinajstić information content (AvgIpc) is 3.54. The van der Waals surface area contributed by atoms with Gasteiger partial charge < -0.3 is 15.0 Å². The molecule has 2 fully saturated rings. The number of aliphatic hydroxyl groups is 1. The van der Waals surface area contributed by atoms with Crippen molar-refractivity contribution in [3.05, 3.63) is 96.3 Å². The van der Waals surface area contributed by atoms with Crippen LogP contribution in [-0.2, 0) is 24.0 Å². The van der Waals surface area contributed by atoms with Crippen LogP contribution in [0.25, 0.3) is 11.3 Å². The van der Waals surface area contributed by atoms with Gasteiger partial charge in [-0.05, 0) is 73.4 Å². The fourth-order valence-corrected chi connectivity index (χ4v) is 6.82. The first-order valence-corrected chi connectivity index (χ1v) is 15.1. The fraction of sp³-hybridized carbons (Fsp3) is 0.355. The lowest BCUT2D eigenvalue weighted by Crippen LogP contribution is -2.26. The number of aromatic nitrogens is 3. The number of rotatable bonds is 11. The molecular weight excluding hydrogens is 525 g/mol. The molecule has 0 radical (unpaired) electrons. The van der Waals surface area contributed by atoms with E-state index in [9.17, 15) is 13.7 Å². The predicted octanol–water partition coefficient (Wildman–Crippen LogP) is 5.37. The number of nitrogens with one attached hydrogen (secondary N) is 1. The van der Waals surface area contributed by atoms with Crippen molar-refractivity contribution >= 4 is 16.8 Å². The molecule has 0 spiro atoms. The Labute approximate surface area is 236 Å². The quantitative estimate of drug-likeness (QED) is 0.258. The first kappa shape index (κ1) is 26.8. The number of imidazole rings is 1. The lowest BCUT2D eigenvalue weighted by atomic mass is 9.97. The summed E-state index contributed by atoms with van der Waals surface area (Å²) in [4.78, 5) is 9.58. The number of anilines is 1. The Balaban J connectivity index is 1.18. The molecule has 1 aliphatic carbocycles. The van der Waals surface area contributed by atoms with Crippen LogP contribution < -0.4 is 5.32 Å². The van der Waals surface area contributed by atoms with Crippen LogP contribution in [-0.4, -0.2) is 47.3 Å². The fourth-order valence-electron chi connectivity index (χ4n) is 5.47. The average molecular weight is 560 g/mol. The van der Waals surface area contributed by atoms with Crippen LogP contribution in [0.1, 0.15) is 42.9 Å². The molecule has 2 N–H and O–H groups in total. The second kappa shape index (κ2) is 12.0. The maximum Gasteiger partial charge on any atom is 0.129 e. The summed E-state index contributed by atoms with van der Waals surface area (Å²) >= 11 is 0. The predicted molar refractivity (Wildman–Crippen MR) is 154 cm³/mol. The molecule has 9 heteroatoms. The molecule has 4 aromatic rings. The summed E-state index contributed by atoms with van der Waals surface area (Å²) in [5, 5.41) is 13.3. The van der Waals surface area contributed by atoms with E-state index in [1.165, 1.54) is 12.1 Å². The summed E-state index contributed by atoms with van der Waals surface area (Å²) < 4.78 is 31.3. The number of pyridine rings is 1. The highest BCUT2D eigenvalue weighted by molar-refractivity contribution is 7.82. The van der Waals surface area contributed by atoms with E-state index in [-0.39, 0.29) is 18.0 Å². The summed E-state index contributed by atoms with van der Waals surface area (Å²) in [5.41, 5.74) is 4.30. The van der Waals surface area contributed by atoms with Crippen LogP contribution in [0, 0.1) is 11.7 Å². The van der Waals surface area contributed by atoms with Gasteiger partial charge in [-0.3, -0.25) is 0 Å². The molecule has 2 aromatic carbocycles. The minimum Gasteiger partial charge on any atom is -0.391 e. The van der Waals surface area contributed by atoms with Crippen LogP contribution in [0.15, 0.2) is 84.3 Å². The highest BCUT2D eigenvalue weighted by atomic mass is 32.2. The number of aliphatic hydroxyl groups excluding tert-OH is 1. The lowest BCUT2D eigenvalue weighted by Gasteiger charge is -2.26. The number of benzene rings is 2. The standard InChI is InChI=1S/C31H34FN5O2S/c32-24-11-7-22(8-12-24)15-17-36-21-33-19-29(36)27-5-2-1-4-26(27)28-6-3-16-37(28)40(39)25-13-14-31(34-18-25)35-20-30(38)23-9-10-23/h1-2,4-5,7-8,11-14,18-19,21,23,28,30,38H,3,6,9-10,15-17,20H2,(H,34,35). The number of hydrogen-bond donors (Lipinski definition) is 2. The molecule has 0 bridgehead atoms. The first-order valence-electron chi connectivity index (χ1n) is 14.0. The molecule has 7 nitrogen and oxygen atoms in total. The van der Waals surface area contributed by atoms with Gasteiger partial charge in [-0.15, -0.1) is 0 Å². The van der Waals surface area contributed by atoms with Crippen molar-refractivity contribution in [2.75, 3.05) is 18.4 Å². The van der Waals surface area contributed by atoms with Crippen molar-refractivity contribution in [1.82, 2.24) is 18.8 Å². The molecule has 0 amide bonds. The molecule has 6 rings (SSSR count). The third-order valence-electron chi connectivity index (χ3n) is 7.88. The highest BCUT2D eigenvalue weighted by Gasteiger charge is 2.33. The number of halogens is 1. The summed E-state index contributed by atoms with van der Waals surface area (Å²) in [6.45, 7) is 1.94. The van der Waals surface area contributed by atoms with E-state index >= 15 is 0 Å². The van der Waals surface area contributed by atoms with Gasteiger partial charge in [-0.1, -0.05) is 36.4 Å². The van der Waals surface area contributed by atoms with Gasteiger partial charge in [0, 0.05) is 37.4 Å². The molecule has 208 valence electrons. The Kier molecular flexibility index (Phi) is 8.04. The molecular formula is C31H34FN5O2S. The van der Waals surface area contributed by atoms with Gasteiger partial charge in [0.15, 0.2) is 0 Å². The minimum atomic E-state index is -1.36. The molecule has 2 aliphatic rings. The van der Waals surface area contributed by atoms with E-state index in [4.69, 9.17) is 0 Å². The molecule has 1 aliphatic heterocycles. The lowest BCUT2D eigenvalue weighted by molar-refractivity contribution is 0.164. The maximum absolute atomic E-state index is 13.7. The topological polar surface area (TPSA) is 83.3 Å². The molecule has 1 saturated carbocycles. The zero-order valence-corrected chi connectivity index (χ0v) is 23.1. The third kappa shape index (κ3) is 6.01. The van der Waals surface area contributed by atoms with Gasteiger partial charge in [0.2, 0.25) is 0 Å². The number of aryl methyl sites for hydroxylation is 2. The van der Waals surface area contributed by atoms with E-state index in [1.807, 2.05) is 48.9 Å². The van der Waals surface area contributed by atoms with E-state index < -0.39 is 11.0 Å². The third-order valence-corrected chi connectivity index (χ3v) is 9.38. The Morgan fingerprint density at radius 1 is 1.05 bits per heavy atom. The first-order chi connectivity index (χ1) is 19.6. The largest absolute Gasteiger partial charge is 0.391 e. The second-order valence-electron chi connectivity index (χ2n) is 10.6. The Morgan fingerprint density at radius 3 is 2.65 bits per heavy atom. The summed E-state index contributed by atoms with van der Waals surface area (Å²) in [7, 11) is -1.36. The van der Waals surface area contributed by atoms with Crippen molar-refractivity contribution < 1.29 is 13.7 Å². The zero-order valence-electron chi connectivity index (χ0n) is 22.3. The summed E-state index contributed by atoms with van der Waals surface area (Å²) in [6, 6.07) is 18.6. The Bertz CT molecular complexity index is 1460. The molecule has 2 aromatic heterocycles. The number of nitrogens with zero attached hydrogens (tertiary/aromatic N) is 4. The molecule has 3 unspecified atom stereocenters. The van der Waals surface area contributed by atoms with E-state index in [0.29, 0.717) is 23.2 Å². The SMILES string of the molecule is O=S(c1ccc(NCC(O)C2CC2)nc1)N1CCCC1c1ccccc1-c1cncn1CCc1ccc(F)cc1. The van der Waals surface area contributed by atoms with E-state index in [2.05, 4.69) is 36.3 Å². The molecule has 3 atom stereocenters. The maximum atomic E-state index is 13.7. The van der Waals surface area contributed by atoms with Gasteiger partial charge in [0.05, 0.1) is 29.2 Å². The van der Waals surface area contributed by atoms with Gasteiger partial charge in [0.25, 0.3) is 0 Å². The monoisotopic (exact) mass is 559 g/mol. The van der Waals surface area contributed by atoms with Crippen molar-refractivity contribution in [2.24, 2.45) is 5.92 Å². The van der Waals surface area contributed by atoms with Crippen LogP contribution in [0.4, 0.5) is 10.2 Å². The summed E-state index contributed by atoms with van der Waals surface area (Å²) in [6.07, 6.45) is 9.87. The molecule has 3 heterocycles. The van der Waals surface area contributed by atoms with Gasteiger partial charge >= 0.3 is 0 Å². The van der Waals surface area contributed by atoms with Crippen LogP contribution in [0.5, 0.6) is 0 Å². The molecule has 1 saturated heterocycles. The van der Waals surface area contributed by atoms with Crippen LogP contribution >= 0.6 is 0 Å². The van der Waals surface area contributed by atoms with E-state index in [0.717, 1.165) is 67.6 Å². The number of hydrogen-bond acceptors (Lipinski definition) is 5. The van der Waals surface area contributed by atoms with Crippen molar-refractivity contribution in [3.63, 3.8) is 0 Å². The van der Waals surface area contributed by atoms with Gasteiger partial charge in [-0.25, -0.2) is 22.9 Å². The second-order valence-corrected chi connectivity index (χ2v) is 12.1. The van der Waals surface area contributed by atoms with E-state index in [1.54, 1.807) is 6.20 Å². The minimum absolute atomic E-state index is 0.00368. The van der Waals surface area contributed by atoms with Crippen molar-refractivity contribution in [2.45, 2.75) is 55.7 Å². The van der Waals surface area contributed by atoms with Gasteiger partial charge in [-0.2, -0.15) is 0 Å². The smallest absolute Gasteiger partial charge is 0.129 e. The molecule has 40 heavy (non-hydrogen) atoms. The Hall–Kier alpha value is -3.40. The zero-order chi connectivity index (χ0) is 27.5. The van der Waals surface area contributed by atoms with Crippen molar-refractivity contribution in [1.29, 1.82) is 0 Å². The van der Waals surface area contributed by atoms with Crippen molar-refractivity contribution in [3.8, 4) is 11.3 Å². The normalized spacial score (nSPS) is 19.0.